The summed E-state index contributed by atoms with van der Waals surface area (Å²) in [5.74, 6) is 0. The van der Waals surface area contributed by atoms with Crippen molar-refractivity contribution in [1.29, 1.82) is 0 Å². The summed E-state index contributed by atoms with van der Waals surface area (Å²) in [5.41, 5.74) is 3.52. The molecule has 0 nitrogen and oxygen atoms in total. The summed E-state index contributed by atoms with van der Waals surface area (Å²) in [5, 5.41) is 3.25. The second-order valence-electron chi connectivity index (χ2n) is 11.7. The number of halogens is 2. The van der Waals surface area contributed by atoms with E-state index >= 15 is 0 Å². The van der Waals surface area contributed by atoms with Crippen LogP contribution in [0.5, 0.6) is 0 Å². The van der Waals surface area contributed by atoms with Crippen LogP contribution in [0.25, 0.3) is 0 Å². The zero-order valence-electron chi connectivity index (χ0n) is 20.8. The quantitative estimate of drug-likeness (QED) is 0.366. The molecule has 0 spiro atoms. The van der Waals surface area contributed by atoms with E-state index in [2.05, 4.69) is 105 Å². The summed E-state index contributed by atoms with van der Waals surface area (Å²) in [6.07, 6.45) is 13.9. The number of rotatable bonds is 2. The van der Waals surface area contributed by atoms with Crippen molar-refractivity contribution in [3.63, 3.8) is 0 Å². The second kappa shape index (κ2) is 12.2. The van der Waals surface area contributed by atoms with Crippen molar-refractivity contribution >= 4 is 16.1 Å². The van der Waals surface area contributed by atoms with E-state index in [4.69, 9.17) is 0 Å². The van der Waals surface area contributed by atoms with Crippen molar-refractivity contribution in [3.8, 4) is 0 Å². The fourth-order valence-electron chi connectivity index (χ4n) is 3.61. The topological polar surface area (TPSA) is 0 Å². The van der Waals surface area contributed by atoms with Gasteiger partial charge in [0.2, 0.25) is 0 Å². The predicted octanol–water partition coefficient (Wildman–Crippen LogP) is 1.94. The molecule has 0 saturated carbocycles. The Morgan fingerprint density at radius 2 is 0.862 bits per heavy atom. The Labute approximate surface area is 216 Å². The molecule has 164 valence electrons. The maximum atomic E-state index is 3.51. The predicted molar refractivity (Wildman–Crippen MR) is 125 cm³/mol. The summed E-state index contributed by atoms with van der Waals surface area (Å²) in [7, 11) is -2.27. The largest absolute Gasteiger partial charge is 4.00 e. The van der Waals surface area contributed by atoms with Crippen LogP contribution in [0.1, 0.15) is 54.4 Å². The van der Waals surface area contributed by atoms with Crippen molar-refractivity contribution in [2.24, 2.45) is 10.8 Å². The molecule has 0 saturated heterocycles. The molecule has 5 heteroatoms. The van der Waals surface area contributed by atoms with Gasteiger partial charge >= 0.3 is 26.2 Å². The summed E-state index contributed by atoms with van der Waals surface area (Å²) >= 11 is 0. The van der Waals surface area contributed by atoms with Gasteiger partial charge in [-0.25, -0.2) is 11.1 Å². The molecule has 29 heavy (non-hydrogen) atoms. The Kier molecular flexibility index (Phi) is 14.5. The smallest absolute Gasteiger partial charge is 1.00 e. The van der Waals surface area contributed by atoms with E-state index < -0.39 is 16.1 Å². The van der Waals surface area contributed by atoms with Crippen LogP contribution in [0.2, 0.25) is 39.3 Å². The third-order valence-electron chi connectivity index (χ3n) is 4.82. The molecule has 0 atom stereocenters. The molecule has 0 aliphatic heterocycles. The van der Waals surface area contributed by atoms with Crippen LogP contribution in [0.3, 0.4) is 0 Å². The Balaban J connectivity index is -0.000000422. The standard InChI is InChI=1S/2C12H21Si.2ClH.Zr/c2*1-12(2,3)10-8-7-9-11(10)13(4,5)6;;;/h2*9H,7H2,1-6H3;2*1H;/q2*-1;;;+4/p-2. The van der Waals surface area contributed by atoms with Crippen LogP contribution in [0.15, 0.2) is 33.7 Å². The van der Waals surface area contributed by atoms with Crippen molar-refractivity contribution in [2.45, 2.75) is 93.7 Å². The Morgan fingerprint density at radius 3 is 1.00 bits per heavy atom. The van der Waals surface area contributed by atoms with Crippen LogP contribution in [0.4, 0.5) is 0 Å². The normalized spacial score (nSPS) is 16.7. The van der Waals surface area contributed by atoms with Gasteiger partial charge in [-0.2, -0.15) is 22.5 Å². The van der Waals surface area contributed by atoms with Crippen molar-refractivity contribution in [1.82, 2.24) is 0 Å². The van der Waals surface area contributed by atoms with Crippen molar-refractivity contribution in [2.75, 3.05) is 0 Å². The molecule has 2 aliphatic carbocycles. The minimum absolute atomic E-state index is 0. The number of hydrogen-bond donors (Lipinski definition) is 0. The average Bonchev–Trinajstić information content (AvgIpc) is 3.06. The van der Waals surface area contributed by atoms with Gasteiger partial charge in [-0.05, 0) is 27.0 Å². The van der Waals surface area contributed by atoms with E-state index in [1.54, 1.807) is 10.4 Å². The third kappa shape index (κ3) is 10.3. The molecule has 0 aromatic heterocycles. The Bertz CT molecular complexity index is 530. The van der Waals surface area contributed by atoms with Crippen LogP contribution in [-0.4, -0.2) is 16.1 Å². The maximum Gasteiger partial charge on any atom is 4.00 e. The van der Waals surface area contributed by atoms with Crippen LogP contribution in [0, 0.1) is 23.0 Å². The molecule has 0 heterocycles. The van der Waals surface area contributed by atoms with E-state index in [1.807, 2.05) is 0 Å². The van der Waals surface area contributed by atoms with Crippen LogP contribution < -0.4 is 24.8 Å². The average molecular weight is 549 g/mol. The Hall–Kier alpha value is 0.857. The number of allylic oxidation sites excluding steroid dienone is 8. The maximum absolute atomic E-state index is 3.51. The summed E-state index contributed by atoms with van der Waals surface area (Å²) in [6, 6.07) is 0. The number of hydrogen-bond acceptors (Lipinski definition) is 0. The van der Waals surface area contributed by atoms with Gasteiger partial charge in [-0.1, -0.05) is 80.8 Å². The molecule has 0 unspecified atom stereocenters. The van der Waals surface area contributed by atoms with Crippen molar-refractivity contribution < 1.29 is 51.0 Å². The molecule has 0 fully saturated rings. The molecule has 2 rings (SSSR count). The van der Waals surface area contributed by atoms with E-state index in [1.165, 1.54) is 11.1 Å². The Morgan fingerprint density at radius 1 is 0.621 bits per heavy atom. The van der Waals surface area contributed by atoms with Gasteiger partial charge in [0.1, 0.15) is 0 Å². The molecular weight excluding hydrogens is 507 g/mol. The zero-order chi connectivity index (χ0) is 20.6. The first-order valence-corrected chi connectivity index (χ1v) is 17.1. The first-order valence-electron chi connectivity index (χ1n) is 10.1. The van der Waals surface area contributed by atoms with Gasteiger partial charge in [0.25, 0.3) is 0 Å². The molecule has 0 bridgehead atoms. The molecule has 0 aromatic carbocycles. The van der Waals surface area contributed by atoms with Gasteiger partial charge in [0.15, 0.2) is 0 Å². The third-order valence-corrected chi connectivity index (χ3v) is 8.97. The van der Waals surface area contributed by atoms with E-state index in [9.17, 15) is 0 Å². The first-order chi connectivity index (χ1) is 11.5. The molecule has 0 N–H and O–H groups in total. The second-order valence-corrected chi connectivity index (χ2v) is 21.8. The molecule has 2 aliphatic rings. The minimum atomic E-state index is -1.14. The van der Waals surface area contributed by atoms with Crippen LogP contribution >= 0.6 is 0 Å². The fourth-order valence-corrected chi connectivity index (χ4v) is 7.46. The monoisotopic (exact) mass is 546 g/mol. The van der Waals surface area contributed by atoms with Crippen LogP contribution in [-0.2, 0) is 26.2 Å². The zero-order valence-corrected chi connectivity index (χ0v) is 26.8. The SMILES string of the molecule is CC(C)(C)C1=[C-]CC=C1[Si](C)(C)C.CC(C)(C)C1=[C-]CC=C1[Si](C)(C)C.[Cl-].[Cl-].[Zr+4]. The van der Waals surface area contributed by atoms with Gasteiger partial charge in [0, 0.05) is 0 Å². The van der Waals surface area contributed by atoms with Gasteiger partial charge in [-0.3, -0.25) is 12.2 Å². The first kappa shape index (κ1) is 34.5. The summed E-state index contributed by atoms with van der Waals surface area (Å²) < 4.78 is 0. The van der Waals surface area contributed by atoms with E-state index in [0.29, 0.717) is 0 Å². The van der Waals surface area contributed by atoms with Gasteiger partial charge in [-0.15, -0.1) is 12.8 Å². The molecular formula is C24H42Cl2Si2Zr. The summed E-state index contributed by atoms with van der Waals surface area (Å²) in [4.78, 5) is 0. The molecule has 0 amide bonds. The fraction of sp³-hybridized carbons (Fsp3) is 0.667. The van der Waals surface area contributed by atoms with E-state index in [0.717, 1.165) is 12.8 Å². The molecule has 0 radical (unpaired) electrons. The van der Waals surface area contributed by atoms with E-state index in [-0.39, 0.29) is 61.8 Å². The summed E-state index contributed by atoms with van der Waals surface area (Å²) in [6.45, 7) is 28.2. The molecule has 0 aromatic rings. The minimum Gasteiger partial charge on any atom is -1.00 e. The van der Waals surface area contributed by atoms with Gasteiger partial charge < -0.3 is 24.8 Å². The van der Waals surface area contributed by atoms with Crippen molar-refractivity contribution in [3.05, 3.63) is 45.8 Å². The van der Waals surface area contributed by atoms with Gasteiger partial charge in [0.05, 0.1) is 0 Å².